The summed E-state index contributed by atoms with van der Waals surface area (Å²) in [7, 11) is 2.08. The van der Waals surface area contributed by atoms with E-state index < -0.39 is 0 Å². The van der Waals surface area contributed by atoms with Gasteiger partial charge in [0.05, 0.1) is 22.2 Å². The molecule has 5 nitrogen and oxygen atoms in total. The van der Waals surface area contributed by atoms with E-state index in [2.05, 4.69) is 63.0 Å². The highest BCUT2D eigenvalue weighted by Crippen LogP contribution is 2.25. The average molecular weight is 353 g/mol. The maximum atomic E-state index is 4.94. The Labute approximate surface area is 156 Å². The van der Waals surface area contributed by atoms with Crippen molar-refractivity contribution in [1.82, 2.24) is 24.5 Å². The highest BCUT2D eigenvalue weighted by molar-refractivity contribution is 6.04. The van der Waals surface area contributed by atoms with Crippen molar-refractivity contribution in [2.24, 2.45) is 7.05 Å². The van der Waals surface area contributed by atoms with Crippen molar-refractivity contribution in [3.63, 3.8) is 0 Å². The molecule has 132 valence electrons. The summed E-state index contributed by atoms with van der Waals surface area (Å²) in [5.74, 6) is 1.89. The quantitative estimate of drug-likeness (QED) is 0.489. The fraction of sp³-hybridized carbons (Fsp3) is 0.182. The van der Waals surface area contributed by atoms with Crippen LogP contribution in [-0.2, 0) is 19.9 Å². The molecule has 0 saturated carbocycles. The molecular weight excluding hydrogens is 334 g/mol. The molecule has 5 aromatic rings. The molecule has 5 heteroatoms. The van der Waals surface area contributed by atoms with Crippen LogP contribution in [0.15, 0.2) is 54.7 Å². The molecule has 0 fully saturated rings. The van der Waals surface area contributed by atoms with Gasteiger partial charge in [-0.25, -0.2) is 15.0 Å². The van der Waals surface area contributed by atoms with Crippen LogP contribution in [0.1, 0.15) is 17.3 Å². The monoisotopic (exact) mass is 353 g/mol. The largest absolute Gasteiger partial charge is 0.331 e. The lowest BCUT2D eigenvalue weighted by Gasteiger charge is -2.05. The van der Waals surface area contributed by atoms with E-state index in [0.29, 0.717) is 0 Å². The van der Waals surface area contributed by atoms with Crippen LogP contribution in [0.2, 0.25) is 0 Å². The first-order valence-corrected chi connectivity index (χ1v) is 9.12. The number of pyridine rings is 1. The molecule has 3 heterocycles. The van der Waals surface area contributed by atoms with Crippen molar-refractivity contribution in [3.8, 4) is 0 Å². The fourth-order valence-electron chi connectivity index (χ4n) is 3.71. The predicted octanol–water partition coefficient (Wildman–Crippen LogP) is 4.16. The van der Waals surface area contributed by atoms with Crippen molar-refractivity contribution in [3.05, 3.63) is 72.1 Å². The van der Waals surface area contributed by atoms with Gasteiger partial charge in [0.2, 0.25) is 0 Å². The van der Waals surface area contributed by atoms with Gasteiger partial charge in [0.25, 0.3) is 0 Å². The number of aromatic nitrogens is 5. The van der Waals surface area contributed by atoms with Gasteiger partial charge >= 0.3 is 0 Å². The Balaban J connectivity index is 1.52. The highest BCUT2D eigenvalue weighted by Gasteiger charge is 2.12. The molecule has 0 aliphatic heterocycles. The minimum atomic E-state index is 0.751. The number of rotatable bonds is 3. The second-order valence-electron chi connectivity index (χ2n) is 6.84. The molecule has 2 aromatic carbocycles. The van der Waals surface area contributed by atoms with Crippen LogP contribution in [0, 0.1) is 6.92 Å². The Hall–Kier alpha value is -3.34. The normalized spacial score (nSPS) is 11.6. The molecule has 0 saturated heterocycles. The summed E-state index contributed by atoms with van der Waals surface area (Å²) in [6, 6.07) is 16.6. The van der Waals surface area contributed by atoms with Crippen molar-refractivity contribution in [2.45, 2.75) is 19.8 Å². The van der Waals surface area contributed by atoms with Gasteiger partial charge < -0.3 is 4.57 Å². The Morgan fingerprint density at radius 2 is 1.74 bits per heavy atom. The van der Waals surface area contributed by atoms with E-state index in [0.717, 1.165) is 52.3 Å². The number of hydrogen-bond acceptors (Lipinski definition) is 4. The van der Waals surface area contributed by atoms with Gasteiger partial charge in [-0.1, -0.05) is 30.3 Å². The lowest BCUT2D eigenvalue weighted by atomic mass is 10.1. The second kappa shape index (κ2) is 6.13. The minimum absolute atomic E-state index is 0.751. The number of nitrogens with zero attached hydrogens (tertiary/aromatic N) is 5. The maximum Gasteiger partial charge on any atom is 0.129 e. The molecule has 5 rings (SSSR count). The molecule has 0 radical (unpaired) electrons. The Kier molecular flexibility index (Phi) is 3.60. The summed E-state index contributed by atoms with van der Waals surface area (Å²) < 4.78 is 2.18. The van der Waals surface area contributed by atoms with Crippen LogP contribution in [0.3, 0.4) is 0 Å². The number of imidazole rings is 1. The van der Waals surface area contributed by atoms with Gasteiger partial charge in [-0.2, -0.15) is 0 Å². The highest BCUT2D eigenvalue weighted by atomic mass is 15.1. The fourth-order valence-corrected chi connectivity index (χ4v) is 3.71. The third kappa shape index (κ3) is 2.63. The van der Waals surface area contributed by atoms with E-state index >= 15 is 0 Å². The molecule has 0 aliphatic rings. The first kappa shape index (κ1) is 15.9. The van der Waals surface area contributed by atoms with E-state index in [4.69, 9.17) is 4.98 Å². The molecule has 0 amide bonds. The number of fused-ring (bicyclic) bond motifs is 4. The van der Waals surface area contributed by atoms with Crippen LogP contribution in [-0.4, -0.2) is 24.5 Å². The molecule has 0 N–H and O–H groups in total. The van der Waals surface area contributed by atoms with Gasteiger partial charge in [-0.05, 0) is 30.5 Å². The van der Waals surface area contributed by atoms with E-state index in [-0.39, 0.29) is 0 Å². The molecule has 0 aliphatic carbocycles. The zero-order valence-electron chi connectivity index (χ0n) is 15.3. The van der Waals surface area contributed by atoms with Crippen molar-refractivity contribution in [2.75, 3.05) is 0 Å². The van der Waals surface area contributed by atoms with Crippen LogP contribution < -0.4 is 0 Å². The lowest BCUT2D eigenvalue weighted by molar-refractivity contribution is 0.759. The topological polar surface area (TPSA) is 56.5 Å². The third-order valence-electron chi connectivity index (χ3n) is 5.12. The van der Waals surface area contributed by atoms with Crippen molar-refractivity contribution in [1.29, 1.82) is 0 Å². The smallest absolute Gasteiger partial charge is 0.129 e. The Morgan fingerprint density at radius 1 is 0.852 bits per heavy atom. The lowest BCUT2D eigenvalue weighted by Crippen LogP contribution is -2.05. The molecule has 0 bridgehead atoms. The van der Waals surface area contributed by atoms with Crippen LogP contribution in [0.25, 0.3) is 32.8 Å². The summed E-state index contributed by atoms with van der Waals surface area (Å²) in [5.41, 5.74) is 4.91. The molecule has 27 heavy (non-hydrogen) atoms. The molecule has 0 atom stereocenters. The second-order valence-corrected chi connectivity index (χ2v) is 6.84. The van der Waals surface area contributed by atoms with E-state index in [9.17, 15) is 0 Å². The number of aryl methyl sites for hydroxylation is 4. The number of benzene rings is 2. The molecule has 0 spiro atoms. The Morgan fingerprint density at radius 3 is 2.67 bits per heavy atom. The Bertz CT molecular complexity index is 1300. The van der Waals surface area contributed by atoms with Crippen molar-refractivity contribution >= 4 is 32.8 Å². The summed E-state index contributed by atoms with van der Waals surface area (Å²) in [6.07, 6.45) is 3.33. The zero-order chi connectivity index (χ0) is 18.4. The van der Waals surface area contributed by atoms with E-state index in [1.165, 1.54) is 10.8 Å². The van der Waals surface area contributed by atoms with E-state index in [1.807, 2.05) is 19.1 Å². The van der Waals surface area contributed by atoms with E-state index in [1.54, 1.807) is 6.20 Å². The molecule has 3 aromatic heterocycles. The van der Waals surface area contributed by atoms with Crippen LogP contribution in [0.5, 0.6) is 0 Å². The summed E-state index contributed by atoms with van der Waals surface area (Å²) in [5, 5.41) is 2.41. The van der Waals surface area contributed by atoms with Crippen LogP contribution >= 0.6 is 0 Å². The minimum Gasteiger partial charge on any atom is -0.331 e. The van der Waals surface area contributed by atoms with Gasteiger partial charge in [0.1, 0.15) is 17.2 Å². The van der Waals surface area contributed by atoms with Gasteiger partial charge in [0, 0.05) is 31.5 Å². The predicted molar refractivity (Wildman–Crippen MR) is 108 cm³/mol. The summed E-state index contributed by atoms with van der Waals surface area (Å²) in [4.78, 5) is 18.6. The summed E-state index contributed by atoms with van der Waals surface area (Å²) in [6.45, 7) is 1.99. The first-order valence-electron chi connectivity index (χ1n) is 9.12. The summed E-state index contributed by atoms with van der Waals surface area (Å²) >= 11 is 0. The van der Waals surface area contributed by atoms with Crippen molar-refractivity contribution < 1.29 is 0 Å². The van der Waals surface area contributed by atoms with Gasteiger partial charge in [-0.15, -0.1) is 0 Å². The third-order valence-corrected chi connectivity index (χ3v) is 5.12. The number of hydrogen-bond donors (Lipinski definition) is 0. The molecule has 0 unspecified atom stereocenters. The zero-order valence-corrected chi connectivity index (χ0v) is 15.3. The van der Waals surface area contributed by atoms with Crippen LogP contribution in [0.4, 0.5) is 0 Å². The van der Waals surface area contributed by atoms with Gasteiger partial charge in [0.15, 0.2) is 0 Å². The van der Waals surface area contributed by atoms with Gasteiger partial charge in [-0.3, -0.25) is 4.98 Å². The standard InChI is InChI=1S/C22H19N5/c1-14-21-17(8-5-13-23-21)25-19(24-14)11-12-20-26-22-16-7-4-3-6-15(16)9-10-18(22)27(20)2/h3-10,13H,11-12H2,1-2H3. The maximum absolute atomic E-state index is 4.94. The SMILES string of the molecule is Cc1nc(CCc2nc3c4ccccc4ccc3n2C)nc2cccnc12. The first-order chi connectivity index (χ1) is 13.2. The average Bonchev–Trinajstić information content (AvgIpc) is 3.03. The molecular formula is C22H19N5.